The molecule has 0 aliphatic heterocycles. The Labute approximate surface area is 158 Å². The van der Waals surface area contributed by atoms with Crippen LogP contribution in [0.4, 0.5) is 0 Å². The van der Waals surface area contributed by atoms with Gasteiger partial charge in [0.2, 0.25) is 0 Å². The molecule has 0 saturated heterocycles. The lowest BCUT2D eigenvalue weighted by atomic mass is 10.1. The number of unbranched alkanes of at least 4 members (excludes halogenated alkanes) is 9. The summed E-state index contributed by atoms with van der Waals surface area (Å²) in [7, 11) is -3.85. The largest absolute Gasteiger partial charge is 0.396 e. The van der Waals surface area contributed by atoms with Gasteiger partial charge in [-0.05, 0) is 12.8 Å². The monoisotopic (exact) mass is 395 g/mol. The molecule has 7 nitrogen and oxygen atoms in total. The fourth-order valence-corrected chi connectivity index (χ4v) is 2.59. The molecule has 0 heterocycles. The smallest absolute Gasteiger partial charge is 0.348 e. The predicted molar refractivity (Wildman–Crippen MR) is 104 cm³/mol. The van der Waals surface area contributed by atoms with Gasteiger partial charge in [0.1, 0.15) is 0 Å². The molecule has 0 aliphatic carbocycles. The van der Waals surface area contributed by atoms with Gasteiger partial charge in [-0.1, -0.05) is 71.3 Å². The Morgan fingerprint density at radius 2 is 1.50 bits per heavy atom. The second-order valence-electron chi connectivity index (χ2n) is 6.06. The average Bonchev–Trinajstić information content (AvgIpc) is 2.60. The molecule has 0 fully saturated rings. The third kappa shape index (κ3) is 27.9. The maximum Gasteiger partial charge on any atom is 0.348 e. The molecular formula is C18H37NO6S. The second kappa shape index (κ2) is 20.4. The number of carbonyl (C=O) groups is 1. The van der Waals surface area contributed by atoms with Crippen molar-refractivity contribution >= 4 is 16.1 Å². The van der Waals surface area contributed by atoms with Gasteiger partial charge in [0, 0.05) is 19.2 Å². The van der Waals surface area contributed by atoms with Crippen LogP contribution in [0.5, 0.6) is 0 Å². The van der Waals surface area contributed by atoms with Crippen LogP contribution in [-0.2, 0) is 19.8 Å². The number of aliphatic hydroxyl groups is 1. The molecule has 0 rings (SSSR count). The molecule has 0 saturated carbocycles. The normalized spacial score (nSPS) is 10.7. The van der Waals surface area contributed by atoms with E-state index in [2.05, 4.69) is 23.8 Å². The summed E-state index contributed by atoms with van der Waals surface area (Å²) in [6, 6.07) is 0. The van der Waals surface area contributed by atoms with Crippen LogP contribution in [0, 0.1) is 0 Å². The highest BCUT2D eigenvalue weighted by atomic mass is 32.2. The fourth-order valence-electron chi connectivity index (χ4n) is 2.10. The van der Waals surface area contributed by atoms with E-state index in [9.17, 15) is 13.2 Å². The van der Waals surface area contributed by atoms with Crippen molar-refractivity contribution in [1.82, 2.24) is 5.48 Å². The number of hydroxylamine groups is 1. The molecule has 156 valence electrons. The van der Waals surface area contributed by atoms with Crippen LogP contribution in [0.25, 0.3) is 0 Å². The van der Waals surface area contributed by atoms with Crippen molar-refractivity contribution in [1.29, 1.82) is 0 Å². The first-order valence-electron chi connectivity index (χ1n) is 9.49. The van der Waals surface area contributed by atoms with E-state index < -0.39 is 16.1 Å². The summed E-state index contributed by atoms with van der Waals surface area (Å²) in [5, 5.41) is 8.05. The van der Waals surface area contributed by atoms with Crippen molar-refractivity contribution in [3.05, 3.63) is 12.7 Å². The maximum atomic E-state index is 10.7. The number of carbonyl (C=O) groups excluding carboxylic acids is 1. The van der Waals surface area contributed by atoms with E-state index in [0.29, 0.717) is 0 Å². The van der Waals surface area contributed by atoms with Crippen molar-refractivity contribution in [3.63, 3.8) is 0 Å². The third-order valence-corrected chi connectivity index (χ3v) is 4.34. The van der Waals surface area contributed by atoms with Gasteiger partial charge in [0.05, 0.1) is 5.75 Å². The van der Waals surface area contributed by atoms with E-state index in [1.165, 1.54) is 57.8 Å². The molecule has 0 bridgehead atoms. The van der Waals surface area contributed by atoms with Crippen molar-refractivity contribution in [2.75, 3.05) is 18.9 Å². The van der Waals surface area contributed by atoms with Crippen molar-refractivity contribution < 1.29 is 27.7 Å². The lowest BCUT2D eigenvalue weighted by Crippen LogP contribution is -2.19. The summed E-state index contributed by atoms with van der Waals surface area (Å²) in [4.78, 5) is 15.4. The minimum atomic E-state index is -3.85. The van der Waals surface area contributed by atoms with Crippen LogP contribution in [0.15, 0.2) is 12.7 Å². The van der Waals surface area contributed by atoms with E-state index in [4.69, 9.17) is 9.66 Å². The molecule has 0 aromatic rings. The summed E-state index contributed by atoms with van der Waals surface area (Å²) in [5.74, 6) is -0.772. The number of rotatable bonds is 16. The minimum Gasteiger partial charge on any atom is -0.396 e. The van der Waals surface area contributed by atoms with Gasteiger partial charge in [-0.15, -0.1) is 0 Å². The zero-order valence-corrected chi connectivity index (χ0v) is 16.9. The molecule has 26 heavy (non-hydrogen) atoms. The van der Waals surface area contributed by atoms with Gasteiger partial charge in [-0.2, -0.15) is 13.9 Å². The van der Waals surface area contributed by atoms with E-state index in [1.54, 1.807) is 0 Å². The zero-order valence-electron chi connectivity index (χ0n) is 16.1. The Morgan fingerprint density at radius 3 is 1.88 bits per heavy atom. The van der Waals surface area contributed by atoms with Crippen LogP contribution < -0.4 is 5.48 Å². The molecule has 3 N–H and O–H groups in total. The topological polar surface area (TPSA) is 113 Å². The van der Waals surface area contributed by atoms with Crippen LogP contribution in [0.2, 0.25) is 0 Å². The standard InChI is InChI=1S/C15H29NO2.C3H8O4S/c1-3-5-6-7-8-9-10-11-12-13-14-16-18-15(17)4-2;4-2-1-3-8(5,6)7/h4,16H,2-3,5-14H2,1H3;4H,1-3H2,(H,5,6,7). The van der Waals surface area contributed by atoms with Crippen LogP contribution in [0.3, 0.4) is 0 Å². The van der Waals surface area contributed by atoms with E-state index in [1.807, 2.05) is 0 Å². The zero-order chi connectivity index (χ0) is 20.1. The van der Waals surface area contributed by atoms with Gasteiger partial charge in [-0.25, -0.2) is 4.79 Å². The van der Waals surface area contributed by atoms with E-state index >= 15 is 0 Å². The Hall–Kier alpha value is -0.960. The van der Waals surface area contributed by atoms with Crippen molar-refractivity contribution in [2.24, 2.45) is 0 Å². The van der Waals surface area contributed by atoms with Gasteiger partial charge < -0.3 is 9.94 Å². The van der Waals surface area contributed by atoms with Gasteiger partial charge in [0.25, 0.3) is 10.1 Å². The molecule has 0 unspecified atom stereocenters. The molecule has 0 aromatic heterocycles. The van der Waals surface area contributed by atoms with Crippen molar-refractivity contribution in [2.45, 2.75) is 77.6 Å². The second-order valence-corrected chi connectivity index (χ2v) is 7.64. The van der Waals surface area contributed by atoms with Gasteiger partial charge >= 0.3 is 5.97 Å². The molecule has 0 amide bonds. The maximum absolute atomic E-state index is 10.7. The summed E-state index contributed by atoms with van der Waals surface area (Å²) in [6.45, 7) is 6.10. The van der Waals surface area contributed by atoms with E-state index in [0.717, 1.165) is 19.0 Å². The fraction of sp³-hybridized carbons (Fsp3) is 0.833. The SMILES string of the molecule is C=CC(=O)ONCCCCCCCCCCCC.O=S(=O)(O)CCCO. The first-order chi connectivity index (χ1) is 12.4. The number of hydrogen-bond acceptors (Lipinski definition) is 6. The molecule has 0 aliphatic rings. The Morgan fingerprint density at radius 1 is 1.00 bits per heavy atom. The van der Waals surface area contributed by atoms with Crippen LogP contribution in [0.1, 0.15) is 77.6 Å². The first kappa shape index (κ1) is 27.3. The Bertz CT molecular complexity index is 425. The van der Waals surface area contributed by atoms with Crippen LogP contribution in [-0.4, -0.2) is 43.0 Å². The Balaban J connectivity index is 0. The minimum absolute atomic E-state index is 0.0961. The highest BCUT2D eigenvalue weighted by Crippen LogP contribution is 2.10. The highest BCUT2D eigenvalue weighted by molar-refractivity contribution is 7.85. The summed E-state index contributed by atoms with van der Waals surface area (Å²) in [5.41, 5.74) is 2.64. The molecule has 0 spiro atoms. The molecule has 8 heteroatoms. The molecule has 0 atom stereocenters. The highest BCUT2D eigenvalue weighted by Gasteiger charge is 2.00. The van der Waals surface area contributed by atoms with Gasteiger partial charge in [0.15, 0.2) is 0 Å². The van der Waals surface area contributed by atoms with Gasteiger partial charge in [-0.3, -0.25) is 4.55 Å². The average molecular weight is 396 g/mol. The molecular weight excluding hydrogens is 358 g/mol. The summed E-state index contributed by atoms with van der Waals surface area (Å²) < 4.78 is 27.7. The summed E-state index contributed by atoms with van der Waals surface area (Å²) in [6.07, 6.45) is 14.4. The summed E-state index contributed by atoms with van der Waals surface area (Å²) >= 11 is 0. The Kier molecular flexibility index (Phi) is 21.3. The first-order valence-corrected chi connectivity index (χ1v) is 11.1. The van der Waals surface area contributed by atoms with E-state index in [-0.39, 0.29) is 18.8 Å². The lowest BCUT2D eigenvalue weighted by molar-refractivity contribution is -0.144. The number of hydrogen-bond donors (Lipinski definition) is 3. The quantitative estimate of drug-likeness (QED) is 0.159. The number of nitrogens with one attached hydrogen (secondary N) is 1. The molecule has 0 radical (unpaired) electrons. The number of aliphatic hydroxyl groups excluding tert-OH is 1. The van der Waals surface area contributed by atoms with Crippen molar-refractivity contribution in [3.8, 4) is 0 Å². The lowest BCUT2D eigenvalue weighted by Gasteiger charge is -2.04. The predicted octanol–water partition coefficient (Wildman–Crippen LogP) is 3.40. The third-order valence-electron chi connectivity index (χ3n) is 3.53. The van der Waals surface area contributed by atoms with Crippen LogP contribution >= 0.6 is 0 Å². The molecule has 0 aromatic carbocycles.